The number of nitrogens with zero attached hydrogens (tertiary/aromatic N) is 5. The van der Waals surface area contributed by atoms with Crippen LogP contribution in [0.2, 0.25) is 0 Å². The van der Waals surface area contributed by atoms with E-state index in [0.717, 1.165) is 34.3 Å². The zero-order valence-electron chi connectivity index (χ0n) is 19.1. The van der Waals surface area contributed by atoms with Crippen LogP contribution >= 0.6 is 0 Å². The van der Waals surface area contributed by atoms with Crippen molar-refractivity contribution in [2.24, 2.45) is 0 Å². The van der Waals surface area contributed by atoms with Crippen LogP contribution in [0.3, 0.4) is 0 Å². The molecule has 3 aromatic heterocycles. The molecule has 0 aliphatic rings. The molecule has 0 bridgehead atoms. The SMILES string of the molecule is Cc1cc(C)cc(-n2c3nc4ccccc4nc3c3c(=O)n(CCc4ccccc4)cnc32)c1. The molecule has 0 radical (unpaired) electrons. The van der Waals surface area contributed by atoms with Crippen LogP contribution in [0.15, 0.2) is 83.9 Å². The van der Waals surface area contributed by atoms with Crippen molar-refractivity contribution in [1.82, 2.24) is 24.1 Å². The zero-order chi connectivity index (χ0) is 23.2. The van der Waals surface area contributed by atoms with Gasteiger partial charge >= 0.3 is 0 Å². The van der Waals surface area contributed by atoms with E-state index >= 15 is 0 Å². The highest BCUT2D eigenvalue weighted by Gasteiger charge is 2.21. The highest BCUT2D eigenvalue weighted by atomic mass is 16.1. The van der Waals surface area contributed by atoms with E-state index in [1.165, 1.54) is 5.56 Å². The third-order valence-corrected chi connectivity index (χ3v) is 6.18. The van der Waals surface area contributed by atoms with Crippen molar-refractivity contribution in [2.75, 3.05) is 0 Å². The molecule has 0 aliphatic heterocycles. The number of benzene rings is 3. The van der Waals surface area contributed by atoms with E-state index in [4.69, 9.17) is 15.0 Å². The summed E-state index contributed by atoms with van der Waals surface area (Å²) in [5, 5.41) is 0.503. The van der Waals surface area contributed by atoms with Crippen LogP contribution in [0.1, 0.15) is 16.7 Å². The van der Waals surface area contributed by atoms with Crippen LogP contribution in [0.5, 0.6) is 0 Å². The molecule has 0 spiro atoms. The summed E-state index contributed by atoms with van der Waals surface area (Å²) in [7, 11) is 0. The van der Waals surface area contributed by atoms with Crippen LogP contribution in [-0.2, 0) is 13.0 Å². The van der Waals surface area contributed by atoms with Gasteiger partial charge in [-0.25, -0.2) is 15.0 Å². The average molecular weight is 446 g/mol. The third-order valence-electron chi connectivity index (χ3n) is 6.18. The van der Waals surface area contributed by atoms with E-state index in [-0.39, 0.29) is 5.56 Å². The van der Waals surface area contributed by atoms with E-state index in [1.54, 1.807) is 10.9 Å². The van der Waals surface area contributed by atoms with Crippen molar-refractivity contribution in [1.29, 1.82) is 0 Å². The lowest BCUT2D eigenvalue weighted by atomic mass is 10.1. The first-order valence-corrected chi connectivity index (χ1v) is 11.4. The van der Waals surface area contributed by atoms with E-state index in [1.807, 2.05) is 47.0 Å². The Kier molecular flexibility index (Phi) is 4.73. The van der Waals surface area contributed by atoms with Gasteiger partial charge in [0.2, 0.25) is 0 Å². The molecule has 0 saturated heterocycles. The molecule has 34 heavy (non-hydrogen) atoms. The number of hydrogen-bond donors (Lipinski definition) is 0. The minimum absolute atomic E-state index is 0.0985. The van der Waals surface area contributed by atoms with E-state index < -0.39 is 0 Å². The largest absolute Gasteiger partial charge is 0.298 e. The molecule has 6 heteroatoms. The molecule has 0 saturated carbocycles. The highest BCUT2D eigenvalue weighted by Crippen LogP contribution is 2.29. The monoisotopic (exact) mass is 445 g/mol. The molecule has 6 nitrogen and oxygen atoms in total. The van der Waals surface area contributed by atoms with E-state index in [0.29, 0.717) is 28.7 Å². The van der Waals surface area contributed by atoms with Gasteiger partial charge in [-0.3, -0.25) is 13.9 Å². The Morgan fingerprint density at radius 3 is 2.21 bits per heavy atom. The maximum absolute atomic E-state index is 13.7. The number of aromatic nitrogens is 5. The first kappa shape index (κ1) is 20.3. The predicted octanol–water partition coefficient (Wildman–Crippen LogP) is 5.14. The molecule has 0 aliphatic carbocycles. The molecule has 0 atom stereocenters. The summed E-state index contributed by atoms with van der Waals surface area (Å²) >= 11 is 0. The molecule has 6 rings (SSSR count). The van der Waals surface area contributed by atoms with Gasteiger partial charge in [0.15, 0.2) is 11.3 Å². The molecule has 0 unspecified atom stereocenters. The van der Waals surface area contributed by atoms with Crippen LogP contribution in [0.4, 0.5) is 0 Å². The van der Waals surface area contributed by atoms with E-state index in [9.17, 15) is 4.79 Å². The summed E-state index contributed by atoms with van der Waals surface area (Å²) in [6.07, 6.45) is 2.39. The molecule has 166 valence electrons. The van der Waals surface area contributed by atoms with Gasteiger partial charge in [-0.15, -0.1) is 0 Å². The minimum Gasteiger partial charge on any atom is -0.298 e. The fraction of sp³-hybridized carbons (Fsp3) is 0.143. The van der Waals surface area contributed by atoms with Crippen LogP contribution in [0, 0.1) is 13.8 Å². The summed E-state index contributed by atoms with van der Waals surface area (Å²) in [4.78, 5) is 28.3. The molecule has 3 heterocycles. The van der Waals surface area contributed by atoms with E-state index in [2.05, 4.69) is 44.2 Å². The Hall–Kier alpha value is -4.32. The van der Waals surface area contributed by atoms with Crippen molar-refractivity contribution >= 4 is 33.2 Å². The average Bonchev–Trinajstić information content (AvgIpc) is 3.16. The number of fused-ring (bicyclic) bond motifs is 4. The Balaban J connectivity index is 1.63. The Labute approximate surface area is 196 Å². The third kappa shape index (κ3) is 3.35. The summed E-state index contributed by atoms with van der Waals surface area (Å²) in [5.74, 6) is 0. The van der Waals surface area contributed by atoms with Crippen molar-refractivity contribution in [3.63, 3.8) is 0 Å². The predicted molar refractivity (Wildman–Crippen MR) is 136 cm³/mol. The molecule has 3 aromatic carbocycles. The normalized spacial score (nSPS) is 11.6. The number of para-hydroxylation sites is 2. The number of aryl methyl sites for hydroxylation is 4. The van der Waals surface area contributed by atoms with Crippen molar-refractivity contribution in [3.05, 3.63) is 106 Å². The highest BCUT2D eigenvalue weighted by molar-refractivity contribution is 6.05. The second-order valence-corrected chi connectivity index (χ2v) is 8.74. The first-order valence-electron chi connectivity index (χ1n) is 11.4. The lowest BCUT2D eigenvalue weighted by Gasteiger charge is -2.10. The Morgan fingerprint density at radius 2 is 1.47 bits per heavy atom. The number of rotatable bonds is 4. The van der Waals surface area contributed by atoms with Crippen molar-refractivity contribution in [2.45, 2.75) is 26.8 Å². The zero-order valence-corrected chi connectivity index (χ0v) is 19.1. The minimum atomic E-state index is -0.0985. The van der Waals surface area contributed by atoms with Crippen molar-refractivity contribution in [3.8, 4) is 5.69 Å². The Bertz CT molecular complexity index is 1730. The van der Waals surface area contributed by atoms with Crippen molar-refractivity contribution < 1.29 is 0 Å². The topological polar surface area (TPSA) is 65.6 Å². The maximum Gasteiger partial charge on any atom is 0.265 e. The second kappa shape index (κ2) is 7.92. The lowest BCUT2D eigenvalue weighted by molar-refractivity contribution is 0.662. The van der Waals surface area contributed by atoms with Gasteiger partial charge in [-0.05, 0) is 61.2 Å². The summed E-state index contributed by atoms with van der Waals surface area (Å²) in [5.41, 5.74) is 7.62. The summed E-state index contributed by atoms with van der Waals surface area (Å²) in [6, 6.07) is 24.2. The molecule has 0 amide bonds. The first-order chi connectivity index (χ1) is 16.6. The molecular weight excluding hydrogens is 422 g/mol. The van der Waals surface area contributed by atoms with Crippen LogP contribution in [-0.4, -0.2) is 24.1 Å². The van der Waals surface area contributed by atoms with Gasteiger partial charge in [0.25, 0.3) is 5.56 Å². The van der Waals surface area contributed by atoms with Gasteiger partial charge in [0.05, 0.1) is 17.4 Å². The molecule has 0 N–H and O–H groups in total. The quantitative estimate of drug-likeness (QED) is 0.377. The lowest BCUT2D eigenvalue weighted by Crippen LogP contribution is -2.21. The fourth-order valence-electron chi connectivity index (χ4n) is 4.65. The van der Waals surface area contributed by atoms with Gasteiger partial charge in [-0.2, -0.15) is 0 Å². The maximum atomic E-state index is 13.7. The van der Waals surface area contributed by atoms with Crippen LogP contribution < -0.4 is 5.56 Å². The number of hydrogen-bond acceptors (Lipinski definition) is 4. The summed E-state index contributed by atoms with van der Waals surface area (Å²) < 4.78 is 3.64. The van der Waals surface area contributed by atoms with Gasteiger partial charge in [0, 0.05) is 12.2 Å². The molecule has 0 fully saturated rings. The Morgan fingerprint density at radius 1 is 0.794 bits per heavy atom. The standard InChI is InChI=1S/C28H23N5O/c1-18-14-19(2)16-21(15-18)33-26-24(25-27(33)31-23-11-7-6-10-22(23)30-25)28(34)32(17-29-26)13-12-20-8-4-3-5-9-20/h3-11,14-17H,12-13H2,1-2H3. The van der Waals surface area contributed by atoms with Gasteiger partial charge in [-0.1, -0.05) is 48.5 Å². The van der Waals surface area contributed by atoms with Crippen LogP contribution in [0.25, 0.3) is 38.9 Å². The van der Waals surface area contributed by atoms with Gasteiger partial charge in [0.1, 0.15) is 10.9 Å². The van der Waals surface area contributed by atoms with Gasteiger partial charge < -0.3 is 0 Å². The second-order valence-electron chi connectivity index (χ2n) is 8.74. The molecule has 6 aromatic rings. The molecular formula is C28H23N5O. The fourth-order valence-corrected chi connectivity index (χ4v) is 4.65. The summed E-state index contributed by atoms with van der Waals surface area (Å²) in [6.45, 7) is 4.67. The smallest absolute Gasteiger partial charge is 0.265 e.